The van der Waals surface area contributed by atoms with Crippen molar-refractivity contribution in [2.75, 3.05) is 11.1 Å². The fourth-order valence-electron chi connectivity index (χ4n) is 1.94. The molecule has 1 aliphatic heterocycles. The van der Waals surface area contributed by atoms with Gasteiger partial charge in [0.2, 0.25) is 0 Å². The van der Waals surface area contributed by atoms with Gasteiger partial charge < -0.3 is 5.32 Å². The molecule has 84 valence electrons. The summed E-state index contributed by atoms with van der Waals surface area (Å²) in [5, 5.41) is 8.57. The number of aromatic nitrogens is 2. The Bertz CT molecular complexity index is 311. The molecule has 2 rings (SSSR count). The van der Waals surface area contributed by atoms with Gasteiger partial charge in [-0.05, 0) is 25.5 Å². The van der Waals surface area contributed by atoms with Gasteiger partial charge in [0.05, 0.1) is 11.9 Å². The Morgan fingerprint density at radius 1 is 1.67 bits per heavy atom. The maximum atomic E-state index is 4.27. The van der Waals surface area contributed by atoms with Crippen LogP contribution in [0.2, 0.25) is 0 Å². The Labute approximate surface area is 95.6 Å². The minimum absolute atomic E-state index is 0.609. The zero-order valence-corrected chi connectivity index (χ0v) is 10.3. The second-order valence-corrected chi connectivity index (χ2v) is 5.54. The van der Waals surface area contributed by atoms with Crippen molar-refractivity contribution in [2.24, 2.45) is 0 Å². The van der Waals surface area contributed by atoms with Gasteiger partial charge in [0.15, 0.2) is 0 Å². The molecule has 1 aromatic heterocycles. The number of nitrogens with zero attached hydrogens (tertiary/aromatic N) is 2. The number of thioether (sulfide) groups is 1. The van der Waals surface area contributed by atoms with E-state index in [2.05, 4.69) is 42.2 Å². The van der Waals surface area contributed by atoms with E-state index in [0.717, 1.165) is 12.2 Å². The average Bonchev–Trinajstić information content (AvgIpc) is 2.69. The highest BCUT2D eigenvalue weighted by Gasteiger charge is 2.21. The first kappa shape index (κ1) is 10.9. The quantitative estimate of drug-likeness (QED) is 0.857. The van der Waals surface area contributed by atoms with Gasteiger partial charge in [-0.3, -0.25) is 4.68 Å². The molecule has 0 amide bonds. The lowest BCUT2D eigenvalue weighted by Gasteiger charge is -2.29. The molecule has 0 aliphatic carbocycles. The summed E-state index contributed by atoms with van der Waals surface area (Å²) in [6.07, 6.45) is 6.63. The van der Waals surface area contributed by atoms with Gasteiger partial charge in [0, 0.05) is 24.0 Å². The topological polar surface area (TPSA) is 29.9 Å². The summed E-state index contributed by atoms with van der Waals surface area (Å²) in [5.41, 5.74) is 1.16. The molecule has 4 heteroatoms. The predicted molar refractivity (Wildman–Crippen MR) is 66.5 cm³/mol. The molecule has 1 fully saturated rings. The van der Waals surface area contributed by atoms with Crippen LogP contribution in [0.1, 0.15) is 26.7 Å². The molecule has 1 saturated heterocycles. The largest absolute Gasteiger partial charge is 0.379 e. The summed E-state index contributed by atoms with van der Waals surface area (Å²) in [7, 11) is 0. The molecule has 3 nitrogen and oxygen atoms in total. The van der Waals surface area contributed by atoms with Gasteiger partial charge in [-0.1, -0.05) is 6.92 Å². The number of hydrogen-bond acceptors (Lipinski definition) is 3. The highest BCUT2D eigenvalue weighted by atomic mass is 32.2. The number of anilines is 1. The molecular weight excluding hydrogens is 206 g/mol. The maximum absolute atomic E-state index is 4.27. The van der Waals surface area contributed by atoms with Crippen LogP contribution in [0, 0.1) is 0 Å². The molecule has 1 aliphatic rings. The molecule has 15 heavy (non-hydrogen) atoms. The molecule has 2 atom stereocenters. The van der Waals surface area contributed by atoms with Crippen LogP contribution in [0.3, 0.4) is 0 Å². The minimum Gasteiger partial charge on any atom is -0.379 e. The van der Waals surface area contributed by atoms with Crippen molar-refractivity contribution in [2.45, 2.75) is 44.5 Å². The van der Waals surface area contributed by atoms with Crippen molar-refractivity contribution in [3.63, 3.8) is 0 Å². The molecule has 0 aromatic carbocycles. The van der Waals surface area contributed by atoms with Crippen molar-refractivity contribution < 1.29 is 0 Å². The van der Waals surface area contributed by atoms with E-state index >= 15 is 0 Å². The Hall–Kier alpha value is -0.640. The lowest BCUT2D eigenvalue weighted by molar-refractivity contribution is 0.617. The van der Waals surface area contributed by atoms with Crippen LogP contribution < -0.4 is 5.32 Å². The molecule has 1 N–H and O–H groups in total. The van der Waals surface area contributed by atoms with Crippen LogP contribution in [0.25, 0.3) is 0 Å². The van der Waals surface area contributed by atoms with E-state index in [4.69, 9.17) is 0 Å². The molecule has 0 saturated carbocycles. The van der Waals surface area contributed by atoms with Crippen LogP contribution in [-0.4, -0.2) is 26.8 Å². The summed E-state index contributed by atoms with van der Waals surface area (Å²) >= 11 is 2.07. The van der Waals surface area contributed by atoms with E-state index in [9.17, 15) is 0 Å². The number of rotatable bonds is 3. The third-order valence-corrected chi connectivity index (χ3v) is 4.29. The van der Waals surface area contributed by atoms with Crippen LogP contribution in [0.4, 0.5) is 5.69 Å². The van der Waals surface area contributed by atoms with Crippen molar-refractivity contribution in [3.8, 4) is 0 Å². The molecule has 2 unspecified atom stereocenters. The zero-order valence-electron chi connectivity index (χ0n) is 9.44. The lowest BCUT2D eigenvalue weighted by Crippen LogP contribution is -2.32. The predicted octanol–water partition coefficient (Wildman–Crippen LogP) is 2.60. The van der Waals surface area contributed by atoms with Gasteiger partial charge in [-0.2, -0.15) is 16.9 Å². The highest BCUT2D eigenvalue weighted by molar-refractivity contribution is 8.00. The summed E-state index contributed by atoms with van der Waals surface area (Å²) in [6, 6.07) is 0.609. The fraction of sp³-hybridized carbons (Fsp3) is 0.727. The minimum atomic E-state index is 0.609. The number of aryl methyl sites for hydroxylation is 1. The molecule has 1 aromatic rings. The summed E-state index contributed by atoms with van der Waals surface area (Å²) in [4.78, 5) is 0. The molecule has 0 bridgehead atoms. The van der Waals surface area contributed by atoms with Gasteiger partial charge in [-0.25, -0.2) is 0 Å². The molecule has 0 radical (unpaired) electrons. The standard InChI is InChI=1S/C11H19N3S/c1-3-14-8-10(7-12-14)13-11-5-4-6-15-9(11)2/h7-9,11,13H,3-6H2,1-2H3. The fourth-order valence-corrected chi connectivity index (χ4v) is 3.08. The second kappa shape index (κ2) is 4.92. The zero-order chi connectivity index (χ0) is 10.7. The van der Waals surface area contributed by atoms with Gasteiger partial charge in [0.25, 0.3) is 0 Å². The third kappa shape index (κ3) is 2.68. The van der Waals surface area contributed by atoms with Crippen LogP contribution in [0.5, 0.6) is 0 Å². The van der Waals surface area contributed by atoms with E-state index in [1.54, 1.807) is 0 Å². The number of nitrogens with one attached hydrogen (secondary N) is 1. The monoisotopic (exact) mass is 225 g/mol. The van der Waals surface area contributed by atoms with E-state index in [0.29, 0.717) is 11.3 Å². The van der Waals surface area contributed by atoms with Crippen molar-refractivity contribution in [1.29, 1.82) is 0 Å². The van der Waals surface area contributed by atoms with Crippen LogP contribution in [0.15, 0.2) is 12.4 Å². The van der Waals surface area contributed by atoms with E-state index in [1.807, 2.05) is 10.9 Å². The normalized spacial score (nSPS) is 26.5. The molecule has 2 heterocycles. The molecule has 0 spiro atoms. The Kier molecular flexibility index (Phi) is 3.57. The SMILES string of the molecule is CCn1cc(NC2CCCSC2C)cn1. The first-order valence-corrected chi connectivity index (χ1v) is 6.75. The Morgan fingerprint density at radius 3 is 3.20 bits per heavy atom. The van der Waals surface area contributed by atoms with Gasteiger partial charge in [0.1, 0.15) is 0 Å². The van der Waals surface area contributed by atoms with Crippen molar-refractivity contribution >= 4 is 17.4 Å². The first-order chi connectivity index (χ1) is 7.29. The Balaban J connectivity index is 1.95. The summed E-state index contributed by atoms with van der Waals surface area (Å²) < 4.78 is 1.96. The third-order valence-electron chi connectivity index (χ3n) is 2.92. The summed E-state index contributed by atoms with van der Waals surface area (Å²) in [5.74, 6) is 1.31. The smallest absolute Gasteiger partial charge is 0.0729 e. The first-order valence-electron chi connectivity index (χ1n) is 5.70. The maximum Gasteiger partial charge on any atom is 0.0729 e. The van der Waals surface area contributed by atoms with Crippen LogP contribution in [-0.2, 0) is 6.54 Å². The van der Waals surface area contributed by atoms with Crippen molar-refractivity contribution in [3.05, 3.63) is 12.4 Å². The average molecular weight is 225 g/mol. The molecular formula is C11H19N3S. The van der Waals surface area contributed by atoms with E-state index in [1.165, 1.54) is 18.6 Å². The van der Waals surface area contributed by atoms with E-state index < -0.39 is 0 Å². The number of hydrogen-bond donors (Lipinski definition) is 1. The second-order valence-electron chi connectivity index (χ2n) is 4.05. The lowest BCUT2D eigenvalue weighted by atomic mass is 10.1. The van der Waals surface area contributed by atoms with Gasteiger partial charge >= 0.3 is 0 Å². The van der Waals surface area contributed by atoms with E-state index in [-0.39, 0.29) is 0 Å². The summed E-state index contributed by atoms with van der Waals surface area (Å²) in [6.45, 7) is 5.36. The highest BCUT2D eigenvalue weighted by Crippen LogP contribution is 2.27. The van der Waals surface area contributed by atoms with Gasteiger partial charge in [-0.15, -0.1) is 0 Å². The van der Waals surface area contributed by atoms with Crippen molar-refractivity contribution in [1.82, 2.24) is 9.78 Å². The van der Waals surface area contributed by atoms with Crippen LogP contribution >= 0.6 is 11.8 Å². The Morgan fingerprint density at radius 2 is 2.53 bits per heavy atom.